The minimum atomic E-state index is -0.670. The quantitative estimate of drug-likeness (QED) is 0.873. The largest absolute Gasteiger partial charge is 0.493 e. The van der Waals surface area contributed by atoms with Crippen LogP contribution in [0.3, 0.4) is 0 Å². The Kier molecular flexibility index (Phi) is 5.23. The molecule has 2 rings (SSSR count). The van der Waals surface area contributed by atoms with Gasteiger partial charge < -0.3 is 14.6 Å². The van der Waals surface area contributed by atoms with Gasteiger partial charge in [-0.3, -0.25) is 0 Å². The highest BCUT2D eigenvalue weighted by atomic mass is 16.5. The van der Waals surface area contributed by atoms with Crippen LogP contribution in [0, 0.1) is 0 Å². The Bertz CT molecular complexity index is 566. The maximum Gasteiger partial charge on any atom is 0.161 e. The van der Waals surface area contributed by atoms with Gasteiger partial charge >= 0.3 is 0 Å². The molecular formula is C18H22O3. The molecule has 0 radical (unpaired) electrons. The normalized spacial score (nSPS) is 13.5. The number of benzene rings is 2. The average Bonchev–Trinajstić information content (AvgIpc) is 2.54. The predicted molar refractivity (Wildman–Crippen MR) is 83.9 cm³/mol. The van der Waals surface area contributed by atoms with Crippen molar-refractivity contribution in [3.8, 4) is 11.5 Å². The summed E-state index contributed by atoms with van der Waals surface area (Å²) in [6.45, 7) is 4.08. The molecule has 0 spiro atoms. The Balaban J connectivity index is 2.30. The second-order valence-electron chi connectivity index (χ2n) is 5.06. The summed E-state index contributed by atoms with van der Waals surface area (Å²) in [4.78, 5) is 0. The summed E-state index contributed by atoms with van der Waals surface area (Å²) in [5.74, 6) is 1.35. The van der Waals surface area contributed by atoms with E-state index in [9.17, 15) is 5.11 Å². The van der Waals surface area contributed by atoms with Crippen LogP contribution in [0.25, 0.3) is 0 Å². The number of hydrogen-bond donors (Lipinski definition) is 1. The third kappa shape index (κ3) is 3.76. The van der Waals surface area contributed by atoms with Crippen LogP contribution in [0.5, 0.6) is 11.5 Å². The van der Waals surface area contributed by atoms with Gasteiger partial charge in [-0.25, -0.2) is 0 Å². The van der Waals surface area contributed by atoms with Gasteiger partial charge in [0, 0.05) is 0 Å². The minimum absolute atomic E-state index is 0.100. The van der Waals surface area contributed by atoms with Gasteiger partial charge in [-0.1, -0.05) is 43.3 Å². The zero-order valence-electron chi connectivity index (χ0n) is 12.7. The molecular weight excluding hydrogens is 264 g/mol. The standard InChI is InChI=1S/C18H22O3/c1-4-13(2)21-17-12-15(10-11-16(17)20-3)18(19)14-8-6-5-7-9-14/h5-13,18-19H,4H2,1-3H3. The summed E-state index contributed by atoms with van der Waals surface area (Å²) in [6, 6.07) is 15.1. The van der Waals surface area contributed by atoms with Crippen LogP contribution in [0.15, 0.2) is 48.5 Å². The zero-order valence-corrected chi connectivity index (χ0v) is 12.7. The predicted octanol–water partition coefficient (Wildman–Crippen LogP) is 3.95. The molecule has 0 heterocycles. The number of methoxy groups -OCH3 is 1. The van der Waals surface area contributed by atoms with Gasteiger partial charge in [-0.2, -0.15) is 0 Å². The Morgan fingerprint density at radius 3 is 2.33 bits per heavy atom. The van der Waals surface area contributed by atoms with Crippen LogP contribution in [0.4, 0.5) is 0 Å². The highest BCUT2D eigenvalue weighted by molar-refractivity contribution is 5.45. The van der Waals surface area contributed by atoms with E-state index in [1.54, 1.807) is 7.11 Å². The SMILES string of the molecule is CCC(C)Oc1cc(C(O)c2ccccc2)ccc1OC. The van der Waals surface area contributed by atoms with Gasteiger partial charge in [0.25, 0.3) is 0 Å². The van der Waals surface area contributed by atoms with E-state index in [-0.39, 0.29) is 6.10 Å². The molecule has 0 saturated heterocycles. The van der Waals surface area contributed by atoms with Crippen molar-refractivity contribution in [2.75, 3.05) is 7.11 Å². The second kappa shape index (κ2) is 7.14. The molecule has 3 nitrogen and oxygen atoms in total. The molecule has 1 N–H and O–H groups in total. The lowest BCUT2D eigenvalue weighted by atomic mass is 10.0. The van der Waals surface area contributed by atoms with Gasteiger partial charge in [-0.15, -0.1) is 0 Å². The zero-order chi connectivity index (χ0) is 15.2. The molecule has 0 saturated carbocycles. The van der Waals surface area contributed by atoms with Crippen LogP contribution in [-0.4, -0.2) is 18.3 Å². The van der Waals surface area contributed by atoms with Crippen LogP contribution < -0.4 is 9.47 Å². The molecule has 0 amide bonds. The van der Waals surface area contributed by atoms with Crippen molar-refractivity contribution in [1.29, 1.82) is 0 Å². The van der Waals surface area contributed by atoms with Crippen molar-refractivity contribution in [3.05, 3.63) is 59.7 Å². The fourth-order valence-electron chi connectivity index (χ4n) is 2.08. The van der Waals surface area contributed by atoms with Gasteiger partial charge in [0.1, 0.15) is 6.10 Å². The first-order chi connectivity index (χ1) is 10.2. The number of ether oxygens (including phenoxy) is 2. The third-order valence-corrected chi connectivity index (χ3v) is 3.52. The smallest absolute Gasteiger partial charge is 0.161 e. The molecule has 2 atom stereocenters. The Labute approximate surface area is 126 Å². The topological polar surface area (TPSA) is 38.7 Å². The highest BCUT2D eigenvalue weighted by Crippen LogP contribution is 2.33. The molecule has 0 aliphatic heterocycles. The summed E-state index contributed by atoms with van der Waals surface area (Å²) in [5.41, 5.74) is 1.65. The van der Waals surface area contributed by atoms with Gasteiger partial charge in [-0.05, 0) is 36.6 Å². The molecule has 2 aromatic rings. The first-order valence-corrected chi connectivity index (χ1v) is 7.23. The third-order valence-electron chi connectivity index (χ3n) is 3.52. The van der Waals surface area contributed by atoms with E-state index >= 15 is 0 Å². The van der Waals surface area contributed by atoms with Crippen molar-refractivity contribution in [3.63, 3.8) is 0 Å². The van der Waals surface area contributed by atoms with E-state index < -0.39 is 6.10 Å². The molecule has 0 fully saturated rings. The summed E-state index contributed by atoms with van der Waals surface area (Å²) >= 11 is 0. The molecule has 112 valence electrons. The van der Waals surface area contributed by atoms with Gasteiger partial charge in [0.15, 0.2) is 11.5 Å². The molecule has 3 heteroatoms. The molecule has 21 heavy (non-hydrogen) atoms. The van der Waals surface area contributed by atoms with Crippen LogP contribution in [0.2, 0.25) is 0 Å². The van der Waals surface area contributed by atoms with E-state index in [1.165, 1.54) is 0 Å². The Morgan fingerprint density at radius 1 is 1.00 bits per heavy atom. The lowest BCUT2D eigenvalue weighted by Crippen LogP contribution is -2.11. The fraction of sp³-hybridized carbons (Fsp3) is 0.333. The number of aliphatic hydroxyl groups is 1. The van der Waals surface area contributed by atoms with Crippen molar-refractivity contribution in [1.82, 2.24) is 0 Å². The number of aliphatic hydroxyl groups excluding tert-OH is 1. The molecule has 2 unspecified atom stereocenters. The first kappa shape index (κ1) is 15.4. The summed E-state index contributed by atoms with van der Waals surface area (Å²) in [6.07, 6.45) is 0.341. The van der Waals surface area contributed by atoms with Crippen molar-refractivity contribution < 1.29 is 14.6 Å². The van der Waals surface area contributed by atoms with Crippen LogP contribution in [-0.2, 0) is 0 Å². The van der Waals surface area contributed by atoms with Gasteiger partial charge in [0.05, 0.1) is 13.2 Å². The first-order valence-electron chi connectivity index (χ1n) is 7.23. The molecule has 0 aliphatic carbocycles. The Hall–Kier alpha value is -2.00. The summed E-state index contributed by atoms with van der Waals surface area (Å²) in [7, 11) is 1.62. The second-order valence-corrected chi connectivity index (χ2v) is 5.06. The summed E-state index contributed by atoms with van der Waals surface area (Å²) < 4.78 is 11.2. The van der Waals surface area contributed by atoms with Crippen LogP contribution >= 0.6 is 0 Å². The highest BCUT2D eigenvalue weighted by Gasteiger charge is 2.15. The molecule has 0 aromatic heterocycles. The monoisotopic (exact) mass is 286 g/mol. The maximum absolute atomic E-state index is 10.5. The van der Waals surface area contributed by atoms with Crippen molar-refractivity contribution in [2.45, 2.75) is 32.5 Å². The number of hydrogen-bond acceptors (Lipinski definition) is 3. The lowest BCUT2D eigenvalue weighted by molar-refractivity contribution is 0.202. The molecule has 0 aliphatic rings. The molecule has 2 aromatic carbocycles. The van der Waals surface area contributed by atoms with Crippen molar-refractivity contribution in [2.24, 2.45) is 0 Å². The summed E-state index contributed by atoms with van der Waals surface area (Å²) in [5, 5.41) is 10.5. The lowest BCUT2D eigenvalue weighted by Gasteiger charge is -2.18. The fourth-order valence-corrected chi connectivity index (χ4v) is 2.08. The van der Waals surface area contributed by atoms with Crippen LogP contribution in [0.1, 0.15) is 37.5 Å². The van der Waals surface area contributed by atoms with Crippen molar-refractivity contribution >= 4 is 0 Å². The van der Waals surface area contributed by atoms with E-state index in [2.05, 4.69) is 6.92 Å². The minimum Gasteiger partial charge on any atom is -0.493 e. The maximum atomic E-state index is 10.5. The van der Waals surface area contributed by atoms with Gasteiger partial charge in [0.2, 0.25) is 0 Å². The Morgan fingerprint density at radius 2 is 1.71 bits per heavy atom. The van der Waals surface area contributed by atoms with E-state index in [4.69, 9.17) is 9.47 Å². The molecule has 0 bridgehead atoms. The van der Waals surface area contributed by atoms with E-state index in [0.717, 1.165) is 17.5 Å². The van der Waals surface area contributed by atoms with E-state index in [1.807, 2.05) is 55.5 Å². The number of rotatable bonds is 6. The average molecular weight is 286 g/mol. The van der Waals surface area contributed by atoms with E-state index in [0.29, 0.717) is 11.5 Å².